The molecule has 0 radical (unpaired) electrons. The van der Waals surface area contributed by atoms with Gasteiger partial charge in [-0.25, -0.2) is 0 Å². The minimum Gasteiger partial charge on any atom is -0.384 e. The lowest BCUT2D eigenvalue weighted by Crippen LogP contribution is -2.21. The first-order valence-corrected chi connectivity index (χ1v) is 7.23. The molecule has 2 aromatic carbocycles. The molecule has 1 aliphatic rings. The summed E-state index contributed by atoms with van der Waals surface area (Å²) in [6, 6.07) is 13.1. The molecule has 108 valence electrons. The van der Waals surface area contributed by atoms with Gasteiger partial charge in [0.2, 0.25) is 5.91 Å². The largest absolute Gasteiger partial charge is 0.384 e. The monoisotopic (exact) mass is 301 g/mol. The predicted octanol–water partition coefficient (Wildman–Crippen LogP) is 3.28. The molecule has 1 heterocycles. The fourth-order valence-electron chi connectivity index (χ4n) is 2.64. The lowest BCUT2D eigenvalue weighted by Gasteiger charge is -2.13. The predicted molar refractivity (Wildman–Crippen MR) is 81.9 cm³/mol. The average Bonchev–Trinajstić information content (AvgIpc) is 2.90. The lowest BCUT2D eigenvalue weighted by molar-refractivity contribution is -0.129. The van der Waals surface area contributed by atoms with Crippen LogP contribution < -0.4 is 0 Å². The maximum absolute atomic E-state index is 11.5. The van der Waals surface area contributed by atoms with E-state index in [9.17, 15) is 9.90 Å². The Morgan fingerprint density at radius 3 is 2.38 bits per heavy atom. The number of fused-ring (bicyclic) bond motifs is 1. The van der Waals surface area contributed by atoms with Gasteiger partial charge in [-0.2, -0.15) is 0 Å². The van der Waals surface area contributed by atoms with E-state index in [0.29, 0.717) is 18.1 Å². The maximum atomic E-state index is 11.5. The van der Waals surface area contributed by atoms with E-state index in [4.69, 9.17) is 11.6 Å². The van der Waals surface area contributed by atoms with Gasteiger partial charge in [0.25, 0.3) is 0 Å². The summed E-state index contributed by atoms with van der Waals surface area (Å²) in [4.78, 5) is 13.2. The molecule has 0 saturated carbocycles. The van der Waals surface area contributed by atoms with E-state index in [-0.39, 0.29) is 5.91 Å². The molecule has 21 heavy (non-hydrogen) atoms. The van der Waals surface area contributed by atoms with Crippen LogP contribution in [0.25, 0.3) is 0 Å². The summed E-state index contributed by atoms with van der Waals surface area (Å²) in [6.45, 7) is 2.85. The molecule has 0 spiro atoms. The van der Waals surface area contributed by atoms with Crippen LogP contribution in [0.4, 0.5) is 0 Å². The van der Waals surface area contributed by atoms with Crippen molar-refractivity contribution in [1.82, 2.24) is 4.90 Å². The van der Waals surface area contributed by atoms with Gasteiger partial charge < -0.3 is 10.0 Å². The van der Waals surface area contributed by atoms with E-state index in [1.807, 2.05) is 30.3 Å². The third-order valence-corrected chi connectivity index (χ3v) is 4.15. The van der Waals surface area contributed by atoms with Gasteiger partial charge in [-0.1, -0.05) is 41.9 Å². The van der Waals surface area contributed by atoms with Gasteiger partial charge in [0.05, 0.1) is 0 Å². The molecule has 1 amide bonds. The van der Waals surface area contributed by atoms with Gasteiger partial charge in [0.15, 0.2) is 0 Å². The maximum Gasteiger partial charge on any atom is 0.220 e. The number of carbonyl (C=O) groups is 1. The molecule has 1 N–H and O–H groups in total. The molecule has 0 aliphatic carbocycles. The molecule has 0 fully saturated rings. The smallest absolute Gasteiger partial charge is 0.220 e. The Morgan fingerprint density at radius 1 is 1.10 bits per heavy atom. The highest BCUT2D eigenvalue weighted by molar-refractivity contribution is 6.30. The van der Waals surface area contributed by atoms with Crippen LogP contribution in [0.1, 0.15) is 35.3 Å². The Hall–Kier alpha value is -1.84. The number of halogens is 1. The van der Waals surface area contributed by atoms with Crippen molar-refractivity contribution in [2.75, 3.05) is 0 Å². The second-order valence-electron chi connectivity index (χ2n) is 5.36. The topological polar surface area (TPSA) is 40.5 Å². The second kappa shape index (κ2) is 5.51. The van der Waals surface area contributed by atoms with Gasteiger partial charge in [-0.15, -0.1) is 0 Å². The molecule has 0 bridgehead atoms. The summed E-state index contributed by atoms with van der Waals surface area (Å²) in [7, 11) is 0. The summed E-state index contributed by atoms with van der Waals surface area (Å²) in [6.07, 6.45) is -0.682. The number of carbonyl (C=O) groups excluding carboxylic acids is 1. The number of hydrogen-bond donors (Lipinski definition) is 1. The zero-order chi connectivity index (χ0) is 15.0. The molecule has 1 unspecified atom stereocenters. The van der Waals surface area contributed by atoms with Crippen molar-refractivity contribution in [2.24, 2.45) is 0 Å². The zero-order valence-electron chi connectivity index (χ0n) is 11.7. The second-order valence-corrected chi connectivity index (χ2v) is 5.79. The number of hydrogen-bond acceptors (Lipinski definition) is 2. The molecule has 1 aliphatic heterocycles. The van der Waals surface area contributed by atoms with Gasteiger partial charge in [-0.3, -0.25) is 4.79 Å². The van der Waals surface area contributed by atoms with Gasteiger partial charge in [-0.05, 0) is 34.4 Å². The minimum atomic E-state index is -0.682. The number of rotatable bonds is 2. The first-order valence-electron chi connectivity index (χ1n) is 6.85. The molecular formula is C17H16ClNO2. The van der Waals surface area contributed by atoms with Crippen molar-refractivity contribution in [1.29, 1.82) is 0 Å². The average molecular weight is 302 g/mol. The molecule has 0 saturated heterocycles. The first kappa shape index (κ1) is 14.1. The number of amides is 1. The summed E-state index contributed by atoms with van der Waals surface area (Å²) in [5, 5.41) is 11.1. The van der Waals surface area contributed by atoms with E-state index < -0.39 is 6.10 Å². The molecule has 2 aromatic rings. The number of benzene rings is 2. The standard InChI is InChI=1S/C17H16ClNO2/c1-11(20)19-9-14-3-2-13(8-15(14)10-19)17(21)12-4-6-16(18)7-5-12/h2-8,17,21H,9-10H2,1H3. The summed E-state index contributed by atoms with van der Waals surface area (Å²) in [5.74, 6) is 0.0750. The van der Waals surface area contributed by atoms with E-state index in [2.05, 4.69) is 0 Å². The molecular weight excluding hydrogens is 286 g/mol. The van der Waals surface area contributed by atoms with Crippen molar-refractivity contribution in [3.8, 4) is 0 Å². The number of nitrogens with zero attached hydrogens (tertiary/aromatic N) is 1. The zero-order valence-corrected chi connectivity index (χ0v) is 12.5. The fourth-order valence-corrected chi connectivity index (χ4v) is 2.77. The summed E-state index contributed by atoms with van der Waals surface area (Å²) >= 11 is 5.87. The van der Waals surface area contributed by atoms with Gasteiger partial charge in [0.1, 0.15) is 6.10 Å². The Morgan fingerprint density at radius 2 is 1.71 bits per heavy atom. The summed E-state index contributed by atoms with van der Waals surface area (Å²) < 4.78 is 0. The highest BCUT2D eigenvalue weighted by atomic mass is 35.5. The van der Waals surface area contributed by atoms with E-state index >= 15 is 0 Å². The van der Waals surface area contributed by atoms with Crippen LogP contribution in [0.3, 0.4) is 0 Å². The van der Waals surface area contributed by atoms with Crippen LogP contribution in [-0.2, 0) is 17.9 Å². The highest BCUT2D eigenvalue weighted by Crippen LogP contribution is 2.29. The Kier molecular flexibility index (Phi) is 3.70. The van der Waals surface area contributed by atoms with Gasteiger partial charge >= 0.3 is 0 Å². The van der Waals surface area contributed by atoms with Crippen molar-refractivity contribution in [2.45, 2.75) is 26.1 Å². The fraction of sp³-hybridized carbons (Fsp3) is 0.235. The SMILES string of the molecule is CC(=O)N1Cc2ccc(C(O)c3ccc(Cl)cc3)cc2C1. The van der Waals surface area contributed by atoms with Crippen LogP contribution in [0.15, 0.2) is 42.5 Å². The van der Waals surface area contributed by atoms with E-state index in [0.717, 1.165) is 22.3 Å². The molecule has 3 nitrogen and oxygen atoms in total. The highest BCUT2D eigenvalue weighted by Gasteiger charge is 2.22. The number of aliphatic hydroxyl groups excluding tert-OH is 1. The molecule has 0 aromatic heterocycles. The molecule has 3 rings (SSSR count). The Balaban J connectivity index is 1.86. The number of aliphatic hydroxyl groups is 1. The molecule has 1 atom stereocenters. The minimum absolute atomic E-state index is 0.0750. The van der Waals surface area contributed by atoms with E-state index in [1.54, 1.807) is 24.0 Å². The summed E-state index contributed by atoms with van der Waals surface area (Å²) in [5.41, 5.74) is 3.90. The van der Waals surface area contributed by atoms with Crippen molar-refractivity contribution in [3.05, 3.63) is 69.7 Å². The van der Waals surface area contributed by atoms with Crippen LogP contribution in [0.2, 0.25) is 5.02 Å². The van der Waals surface area contributed by atoms with Crippen molar-refractivity contribution in [3.63, 3.8) is 0 Å². The third kappa shape index (κ3) is 2.80. The lowest BCUT2D eigenvalue weighted by atomic mass is 9.98. The van der Waals surface area contributed by atoms with Crippen molar-refractivity contribution >= 4 is 17.5 Å². The normalized spacial score (nSPS) is 14.9. The van der Waals surface area contributed by atoms with Crippen LogP contribution in [0, 0.1) is 0 Å². The first-order chi connectivity index (χ1) is 10.0. The van der Waals surface area contributed by atoms with Crippen LogP contribution in [0.5, 0.6) is 0 Å². The third-order valence-electron chi connectivity index (χ3n) is 3.90. The van der Waals surface area contributed by atoms with Gasteiger partial charge in [0, 0.05) is 25.0 Å². The van der Waals surface area contributed by atoms with E-state index in [1.165, 1.54) is 0 Å². The van der Waals surface area contributed by atoms with Crippen LogP contribution in [-0.4, -0.2) is 15.9 Å². The Labute approximate surface area is 128 Å². The quantitative estimate of drug-likeness (QED) is 0.925. The van der Waals surface area contributed by atoms with Crippen LogP contribution >= 0.6 is 11.6 Å². The molecule has 4 heteroatoms. The Bertz CT molecular complexity index is 682. The van der Waals surface area contributed by atoms with Crippen molar-refractivity contribution < 1.29 is 9.90 Å².